The molecule has 0 saturated heterocycles. The third-order valence-electron chi connectivity index (χ3n) is 2.52. The van der Waals surface area contributed by atoms with Crippen LogP contribution in [0.2, 0.25) is 0 Å². The van der Waals surface area contributed by atoms with E-state index in [1.807, 2.05) is 0 Å². The van der Waals surface area contributed by atoms with Crippen molar-refractivity contribution in [1.29, 1.82) is 0 Å². The second-order valence-electron chi connectivity index (χ2n) is 3.91. The molecular formula is C12H8F2O5S. The molecule has 20 heavy (non-hydrogen) atoms. The molecule has 0 bridgehead atoms. The first-order valence-corrected chi connectivity index (χ1v) is 6.94. The van der Waals surface area contributed by atoms with E-state index in [2.05, 4.69) is 4.42 Å². The molecule has 2 aromatic rings. The Hall–Kier alpha value is -2.22. The van der Waals surface area contributed by atoms with E-state index < -0.39 is 43.8 Å². The van der Waals surface area contributed by atoms with Crippen LogP contribution >= 0.6 is 0 Å². The number of halogens is 2. The van der Waals surface area contributed by atoms with Gasteiger partial charge in [-0.15, -0.1) is 0 Å². The Kier molecular flexibility index (Phi) is 3.58. The van der Waals surface area contributed by atoms with E-state index in [1.165, 1.54) is 6.07 Å². The number of furan rings is 1. The first-order valence-electron chi connectivity index (χ1n) is 5.29. The molecule has 1 N–H and O–H groups in total. The summed E-state index contributed by atoms with van der Waals surface area (Å²) in [5, 5.41) is 8.80. The van der Waals surface area contributed by atoms with Crippen molar-refractivity contribution in [2.75, 3.05) is 0 Å². The Labute approximate surface area is 112 Å². The lowest BCUT2D eigenvalue weighted by atomic mass is 10.3. The molecule has 106 valence electrons. The van der Waals surface area contributed by atoms with Crippen molar-refractivity contribution in [1.82, 2.24) is 0 Å². The highest BCUT2D eigenvalue weighted by Crippen LogP contribution is 2.22. The van der Waals surface area contributed by atoms with Gasteiger partial charge >= 0.3 is 5.97 Å². The topological polar surface area (TPSA) is 84.6 Å². The van der Waals surface area contributed by atoms with Crippen LogP contribution in [0, 0.1) is 11.6 Å². The summed E-state index contributed by atoms with van der Waals surface area (Å²) in [6, 6.07) is 3.22. The van der Waals surface area contributed by atoms with Gasteiger partial charge in [-0.2, -0.15) is 0 Å². The predicted octanol–water partition coefficient (Wildman–Crippen LogP) is 2.23. The van der Waals surface area contributed by atoms with Gasteiger partial charge in [0.1, 0.15) is 16.5 Å². The molecule has 1 aromatic heterocycles. The van der Waals surface area contributed by atoms with E-state index in [0.29, 0.717) is 6.07 Å². The number of carboxylic acids is 1. The summed E-state index contributed by atoms with van der Waals surface area (Å²) >= 11 is 0. The number of benzene rings is 1. The van der Waals surface area contributed by atoms with Gasteiger partial charge in [0.05, 0.1) is 12.0 Å². The number of aromatic carboxylic acids is 1. The second kappa shape index (κ2) is 5.04. The summed E-state index contributed by atoms with van der Waals surface area (Å²) in [7, 11) is -4.15. The standard InChI is InChI=1S/C12H8F2O5S/c13-8-1-2-10(9(14)5-8)20(17,18)6-7-3-4-19-11(7)12(15)16/h1-5H,6H2,(H,15,16). The van der Waals surface area contributed by atoms with Crippen molar-refractivity contribution < 1.29 is 31.5 Å². The average molecular weight is 302 g/mol. The normalized spacial score (nSPS) is 11.5. The summed E-state index contributed by atoms with van der Waals surface area (Å²) < 4.78 is 54.9. The molecule has 8 heteroatoms. The Morgan fingerprint density at radius 2 is 1.95 bits per heavy atom. The Balaban J connectivity index is 2.41. The van der Waals surface area contributed by atoms with E-state index in [-0.39, 0.29) is 5.56 Å². The number of hydrogen-bond acceptors (Lipinski definition) is 4. The van der Waals surface area contributed by atoms with E-state index in [0.717, 1.165) is 18.4 Å². The molecule has 0 atom stereocenters. The molecule has 1 heterocycles. The molecule has 0 aliphatic rings. The molecular weight excluding hydrogens is 294 g/mol. The number of hydrogen-bond donors (Lipinski definition) is 1. The number of sulfone groups is 1. The largest absolute Gasteiger partial charge is 0.475 e. The van der Waals surface area contributed by atoms with Gasteiger partial charge in [0.15, 0.2) is 9.84 Å². The highest BCUT2D eigenvalue weighted by Gasteiger charge is 2.24. The number of carboxylic acid groups (broad SMARTS) is 1. The van der Waals surface area contributed by atoms with Gasteiger partial charge < -0.3 is 9.52 Å². The molecule has 0 spiro atoms. The van der Waals surface area contributed by atoms with Gasteiger partial charge in [-0.3, -0.25) is 0 Å². The fraction of sp³-hybridized carbons (Fsp3) is 0.0833. The van der Waals surface area contributed by atoms with Gasteiger partial charge in [0.25, 0.3) is 0 Å². The molecule has 0 unspecified atom stereocenters. The third-order valence-corrected chi connectivity index (χ3v) is 4.21. The minimum Gasteiger partial charge on any atom is -0.475 e. The lowest BCUT2D eigenvalue weighted by Gasteiger charge is -2.05. The first kappa shape index (κ1) is 14.2. The fourth-order valence-corrected chi connectivity index (χ4v) is 3.07. The Morgan fingerprint density at radius 1 is 1.25 bits per heavy atom. The zero-order valence-corrected chi connectivity index (χ0v) is 10.7. The van der Waals surface area contributed by atoms with E-state index >= 15 is 0 Å². The maximum atomic E-state index is 13.5. The predicted molar refractivity (Wildman–Crippen MR) is 62.9 cm³/mol. The van der Waals surface area contributed by atoms with Crippen LogP contribution in [0.3, 0.4) is 0 Å². The van der Waals surface area contributed by atoms with Crippen LogP contribution in [0.25, 0.3) is 0 Å². The van der Waals surface area contributed by atoms with Gasteiger partial charge in [-0.05, 0) is 18.2 Å². The second-order valence-corrected chi connectivity index (χ2v) is 5.87. The molecule has 0 amide bonds. The summed E-state index contributed by atoms with van der Waals surface area (Å²) in [6.45, 7) is 0. The van der Waals surface area contributed by atoms with E-state index in [9.17, 15) is 22.0 Å². The number of carbonyl (C=O) groups is 1. The molecule has 0 fully saturated rings. The summed E-state index contributed by atoms with van der Waals surface area (Å²) in [5.74, 6) is -4.86. The summed E-state index contributed by atoms with van der Waals surface area (Å²) in [4.78, 5) is 10.1. The van der Waals surface area contributed by atoms with Crippen molar-refractivity contribution in [3.63, 3.8) is 0 Å². The van der Waals surface area contributed by atoms with Gasteiger partial charge in [-0.1, -0.05) is 0 Å². The Bertz CT molecular complexity index is 764. The zero-order valence-electron chi connectivity index (χ0n) is 9.84. The quantitative estimate of drug-likeness (QED) is 0.875. The maximum Gasteiger partial charge on any atom is 0.372 e. The highest BCUT2D eigenvalue weighted by molar-refractivity contribution is 7.90. The fourth-order valence-electron chi connectivity index (χ4n) is 1.65. The minimum atomic E-state index is -4.15. The lowest BCUT2D eigenvalue weighted by Crippen LogP contribution is -2.09. The number of rotatable bonds is 4. The van der Waals surface area contributed by atoms with Gasteiger partial charge in [-0.25, -0.2) is 22.0 Å². The SMILES string of the molecule is O=C(O)c1occc1CS(=O)(=O)c1ccc(F)cc1F. The molecule has 0 aliphatic heterocycles. The highest BCUT2D eigenvalue weighted by atomic mass is 32.2. The van der Waals surface area contributed by atoms with Gasteiger partial charge in [0, 0.05) is 11.6 Å². The zero-order chi connectivity index (χ0) is 14.9. The smallest absolute Gasteiger partial charge is 0.372 e. The van der Waals surface area contributed by atoms with Crippen molar-refractivity contribution in [3.05, 3.63) is 53.5 Å². The molecule has 1 aromatic carbocycles. The van der Waals surface area contributed by atoms with Crippen LogP contribution < -0.4 is 0 Å². The van der Waals surface area contributed by atoms with Crippen molar-refractivity contribution in [3.8, 4) is 0 Å². The van der Waals surface area contributed by atoms with Crippen molar-refractivity contribution >= 4 is 15.8 Å². The Morgan fingerprint density at radius 3 is 2.55 bits per heavy atom. The summed E-state index contributed by atoms with van der Waals surface area (Å²) in [6.07, 6.45) is 1.02. The first-order chi connectivity index (χ1) is 9.31. The maximum absolute atomic E-state index is 13.5. The average Bonchev–Trinajstić information content (AvgIpc) is 2.75. The van der Waals surface area contributed by atoms with E-state index in [1.54, 1.807) is 0 Å². The lowest BCUT2D eigenvalue weighted by molar-refractivity contribution is 0.0661. The van der Waals surface area contributed by atoms with Crippen molar-refractivity contribution in [2.24, 2.45) is 0 Å². The molecule has 0 aliphatic carbocycles. The van der Waals surface area contributed by atoms with Crippen LogP contribution in [-0.2, 0) is 15.6 Å². The summed E-state index contributed by atoms with van der Waals surface area (Å²) in [5.41, 5.74) is -0.110. The van der Waals surface area contributed by atoms with Crippen LogP contribution in [0.4, 0.5) is 8.78 Å². The van der Waals surface area contributed by atoms with Crippen LogP contribution in [-0.4, -0.2) is 19.5 Å². The third kappa shape index (κ3) is 2.69. The molecule has 0 radical (unpaired) electrons. The molecule has 0 saturated carbocycles. The van der Waals surface area contributed by atoms with Crippen LogP contribution in [0.5, 0.6) is 0 Å². The molecule has 2 rings (SSSR count). The monoisotopic (exact) mass is 302 g/mol. The van der Waals surface area contributed by atoms with Crippen molar-refractivity contribution in [2.45, 2.75) is 10.6 Å². The molecule has 5 nitrogen and oxygen atoms in total. The minimum absolute atomic E-state index is 0.110. The van der Waals surface area contributed by atoms with Crippen LogP contribution in [0.15, 0.2) is 39.8 Å². The van der Waals surface area contributed by atoms with E-state index in [4.69, 9.17) is 5.11 Å². The van der Waals surface area contributed by atoms with Crippen LogP contribution in [0.1, 0.15) is 16.1 Å². The van der Waals surface area contributed by atoms with Gasteiger partial charge in [0.2, 0.25) is 5.76 Å².